The minimum absolute atomic E-state index is 0.211. The smallest absolute Gasteiger partial charge is 0.226 e. The molecule has 0 bridgehead atoms. The highest BCUT2D eigenvalue weighted by atomic mass is 79.9. The molecule has 1 atom stereocenters. The summed E-state index contributed by atoms with van der Waals surface area (Å²) in [5.74, 6) is 0.701. The number of hydrogen-bond acceptors (Lipinski definition) is 2. The van der Waals surface area contributed by atoms with Crippen LogP contribution in [0, 0.1) is 5.92 Å². The fourth-order valence-corrected chi connectivity index (χ4v) is 2.40. The molecule has 1 aromatic carbocycles. The fourth-order valence-electron chi connectivity index (χ4n) is 2.14. The van der Waals surface area contributed by atoms with Crippen LogP contribution in [0.4, 0.5) is 0 Å². The Bertz CT molecular complexity index is 391. The summed E-state index contributed by atoms with van der Waals surface area (Å²) in [6.45, 7) is 2.37. The highest BCUT2D eigenvalue weighted by molar-refractivity contribution is 9.10. The largest absolute Gasteiger partial charge is 0.342 e. The van der Waals surface area contributed by atoms with E-state index in [0.29, 0.717) is 18.9 Å². The van der Waals surface area contributed by atoms with Gasteiger partial charge in [0.2, 0.25) is 5.91 Å². The Morgan fingerprint density at radius 1 is 1.41 bits per heavy atom. The summed E-state index contributed by atoms with van der Waals surface area (Å²) >= 11 is 3.39. The van der Waals surface area contributed by atoms with E-state index in [1.807, 2.05) is 29.2 Å². The number of benzene rings is 1. The number of amides is 1. The molecule has 0 saturated carbocycles. The molecule has 1 aromatic rings. The van der Waals surface area contributed by atoms with Gasteiger partial charge < -0.3 is 10.6 Å². The van der Waals surface area contributed by atoms with Gasteiger partial charge in [0.1, 0.15) is 0 Å². The number of carbonyl (C=O) groups is 1. The number of rotatable bonds is 3. The molecule has 1 aliphatic rings. The summed E-state index contributed by atoms with van der Waals surface area (Å²) in [7, 11) is 0. The van der Waals surface area contributed by atoms with Gasteiger partial charge in [-0.3, -0.25) is 4.79 Å². The molecule has 1 amide bonds. The van der Waals surface area contributed by atoms with Gasteiger partial charge >= 0.3 is 0 Å². The Hall–Kier alpha value is -0.870. The van der Waals surface area contributed by atoms with Crippen molar-refractivity contribution in [1.29, 1.82) is 0 Å². The Kier molecular flexibility index (Phi) is 4.18. The summed E-state index contributed by atoms with van der Waals surface area (Å²) < 4.78 is 1.04. The van der Waals surface area contributed by atoms with Crippen molar-refractivity contribution in [3.63, 3.8) is 0 Å². The number of likely N-dealkylation sites (tertiary alicyclic amines) is 1. The fraction of sp³-hybridized carbons (Fsp3) is 0.462. The Labute approximate surface area is 110 Å². The van der Waals surface area contributed by atoms with Gasteiger partial charge in [0, 0.05) is 17.6 Å². The Balaban J connectivity index is 1.91. The molecule has 0 radical (unpaired) electrons. The Morgan fingerprint density at radius 2 is 2.12 bits per heavy atom. The predicted octanol–water partition coefficient (Wildman–Crippen LogP) is 1.80. The molecule has 4 heteroatoms. The molecule has 0 spiro atoms. The van der Waals surface area contributed by atoms with Gasteiger partial charge in [0.15, 0.2) is 0 Å². The molecule has 2 rings (SSSR count). The van der Waals surface area contributed by atoms with E-state index < -0.39 is 0 Å². The van der Waals surface area contributed by atoms with Crippen LogP contribution in [0.5, 0.6) is 0 Å². The summed E-state index contributed by atoms with van der Waals surface area (Å²) in [6, 6.07) is 7.90. The standard InChI is InChI=1S/C13H17BrN2O/c14-12-3-1-10(2-4-12)7-13(17)16-6-5-11(8-15)9-16/h1-4,11H,5-9,15H2. The van der Waals surface area contributed by atoms with Crippen molar-refractivity contribution in [2.75, 3.05) is 19.6 Å². The maximum absolute atomic E-state index is 12.0. The zero-order valence-corrected chi connectivity index (χ0v) is 11.3. The number of hydrogen-bond donors (Lipinski definition) is 1. The van der Waals surface area contributed by atoms with Crippen LogP contribution in [0.2, 0.25) is 0 Å². The van der Waals surface area contributed by atoms with Crippen LogP contribution in [0.1, 0.15) is 12.0 Å². The van der Waals surface area contributed by atoms with Crippen molar-refractivity contribution in [1.82, 2.24) is 4.90 Å². The van der Waals surface area contributed by atoms with Gasteiger partial charge in [0.25, 0.3) is 0 Å². The molecule has 2 N–H and O–H groups in total. The molecular formula is C13H17BrN2O. The van der Waals surface area contributed by atoms with Gasteiger partial charge in [-0.25, -0.2) is 0 Å². The first-order chi connectivity index (χ1) is 8.19. The second-order valence-corrected chi connectivity index (χ2v) is 5.45. The van der Waals surface area contributed by atoms with Gasteiger partial charge in [-0.1, -0.05) is 28.1 Å². The van der Waals surface area contributed by atoms with Crippen molar-refractivity contribution in [2.24, 2.45) is 11.7 Å². The molecule has 17 heavy (non-hydrogen) atoms. The first-order valence-corrected chi connectivity index (χ1v) is 6.70. The lowest BCUT2D eigenvalue weighted by molar-refractivity contribution is -0.129. The minimum Gasteiger partial charge on any atom is -0.342 e. The number of carbonyl (C=O) groups excluding carboxylic acids is 1. The van der Waals surface area contributed by atoms with Crippen molar-refractivity contribution in [2.45, 2.75) is 12.8 Å². The molecule has 1 heterocycles. The summed E-state index contributed by atoms with van der Waals surface area (Å²) in [4.78, 5) is 14.0. The number of halogens is 1. The quantitative estimate of drug-likeness (QED) is 0.924. The molecule has 0 aliphatic carbocycles. The average Bonchev–Trinajstić information content (AvgIpc) is 2.81. The van der Waals surface area contributed by atoms with Gasteiger partial charge in [-0.15, -0.1) is 0 Å². The minimum atomic E-state index is 0.211. The SMILES string of the molecule is NCC1CCN(C(=O)Cc2ccc(Br)cc2)C1. The van der Waals surface area contributed by atoms with Crippen molar-refractivity contribution in [3.05, 3.63) is 34.3 Å². The highest BCUT2D eigenvalue weighted by Gasteiger charge is 2.24. The third kappa shape index (κ3) is 3.30. The van der Waals surface area contributed by atoms with Crippen molar-refractivity contribution in [3.8, 4) is 0 Å². The van der Waals surface area contributed by atoms with E-state index in [1.165, 1.54) is 0 Å². The van der Waals surface area contributed by atoms with Crippen molar-refractivity contribution >= 4 is 21.8 Å². The molecule has 1 fully saturated rings. The third-order valence-electron chi connectivity index (χ3n) is 3.24. The van der Waals surface area contributed by atoms with Crippen molar-refractivity contribution < 1.29 is 4.79 Å². The molecule has 1 unspecified atom stereocenters. The van der Waals surface area contributed by atoms with Crippen LogP contribution in [-0.2, 0) is 11.2 Å². The lowest BCUT2D eigenvalue weighted by Crippen LogP contribution is -2.31. The van der Waals surface area contributed by atoms with Crippen LogP contribution in [0.3, 0.4) is 0 Å². The molecule has 3 nitrogen and oxygen atoms in total. The lowest BCUT2D eigenvalue weighted by Gasteiger charge is -2.16. The van der Waals surface area contributed by atoms with Gasteiger partial charge in [-0.05, 0) is 36.6 Å². The summed E-state index contributed by atoms with van der Waals surface area (Å²) in [5.41, 5.74) is 6.69. The number of nitrogens with two attached hydrogens (primary N) is 1. The first kappa shape index (κ1) is 12.6. The van der Waals surface area contributed by atoms with Crippen LogP contribution in [0.15, 0.2) is 28.7 Å². The topological polar surface area (TPSA) is 46.3 Å². The van der Waals surface area contributed by atoms with Crippen LogP contribution in [0.25, 0.3) is 0 Å². The third-order valence-corrected chi connectivity index (χ3v) is 3.77. The van der Waals surface area contributed by atoms with Gasteiger partial charge in [0.05, 0.1) is 6.42 Å². The summed E-state index contributed by atoms with van der Waals surface area (Å²) in [6.07, 6.45) is 1.53. The normalized spacial score (nSPS) is 19.6. The second-order valence-electron chi connectivity index (χ2n) is 4.53. The monoisotopic (exact) mass is 296 g/mol. The number of nitrogens with zero attached hydrogens (tertiary/aromatic N) is 1. The zero-order valence-electron chi connectivity index (χ0n) is 9.73. The molecule has 1 aliphatic heterocycles. The van der Waals surface area contributed by atoms with Crippen LogP contribution >= 0.6 is 15.9 Å². The van der Waals surface area contributed by atoms with Gasteiger partial charge in [-0.2, -0.15) is 0 Å². The van der Waals surface area contributed by atoms with E-state index in [9.17, 15) is 4.79 Å². The maximum atomic E-state index is 12.0. The Morgan fingerprint density at radius 3 is 2.71 bits per heavy atom. The van der Waals surface area contributed by atoms with E-state index >= 15 is 0 Å². The average molecular weight is 297 g/mol. The highest BCUT2D eigenvalue weighted by Crippen LogP contribution is 2.17. The molecule has 92 valence electrons. The van der Waals surface area contributed by atoms with E-state index in [0.717, 1.165) is 29.5 Å². The molecular weight excluding hydrogens is 280 g/mol. The van der Waals surface area contributed by atoms with Crippen LogP contribution < -0.4 is 5.73 Å². The zero-order chi connectivity index (χ0) is 12.3. The van der Waals surface area contributed by atoms with E-state index in [1.54, 1.807) is 0 Å². The summed E-state index contributed by atoms with van der Waals surface area (Å²) in [5, 5.41) is 0. The first-order valence-electron chi connectivity index (χ1n) is 5.91. The lowest BCUT2D eigenvalue weighted by atomic mass is 10.1. The predicted molar refractivity (Wildman–Crippen MR) is 71.6 cm³/mol. The molecule has 1 saturated heterocycles. The van der Waals surface area contributed by atoms with Crippen LogP contribution in [-0.4, -0.2) is 30.4 Å². The van der Waals surface area contributed by atoms with E-state index in [4.69, 9.17) is 5.73 Å². The van der Waals surface area contributed by atoms with E-state index in [2.05, 4.69) is 15.9 Å². The maximum Gasteiger partial charge on any atom is 0.226 e. The molecule has 0 aromatic heterocycles. The second kappa shape index (κ2) is 5.65. The van der Waals surface area contributed by atoms with E-state index in [-0.39, 0.29) is 5.91 Å².